The van der Waals surface area contributed by atoms with Crippen LogP contribution >= 0.6 is 0 Å². The lowest BCUT2D eigenvalue weighted by molar-refractivity contribution is -0.121. The van der Waals surface area contributed by atoms with Gasteiger partial charge in [-0.2, -0.15) is 5.10 Å². The number of para-hydroxylation sites is 1. The molecule has 2 aliphatic rings. The second kappa shape index (κ2) is 9.14. The van der Waals surface area contributed by atoms with E-state index in [0.717, 1.165) is 72.8 Å². The number of amides is 1. The Bertz CT molecular complexity index is 1170. The summed E-state index contributed by atoms with van der Waals surface area (Å²) in [6.07, 6.45) is 5.66. The van der Waals surface area contributed by atoms with Crippen LogP contribution in [-0.4, -0.2) is 45.1 Å². The summed E-state index contributed by atoms with van der Waals surface area (Å²) >= 11 is 0. The quantitative estimate of drug-likeness (QED) is 0.567. The predicted molar refractivity (Wildman–Crippen MR) is 127 cm³/mol. The Labute approximate surface area is 195 Å². The first kappa shape index (κ1) is 21.9. The van der Waals surface area contributed by atoms with E-state index in [1.807, 2.05) is 23.6 Å². The van der Waals surface area contributed by atoms with Crippen molar-refractivity contribution in [2.45, 2.75) is 71.0 Å². The molecule has 0 radical (unpaired) electrons. The summed E-state index contributed by atoms with van der Waals surface area (Å²) in [5.74, 6) is 1.07. The van der Waals surface area contributed by atoms with Crippen molar-refractivity contribution in [3.8, 4) is 5.75 Å². The zero-order valence-electron chi connectivity index (χ0n) is 19.8. The molecule has 5 rings (SSSR count). The molecule has 174 valence electrons. The van der Waals surface area contributed by atoms with E-state index in [9.17, 15) is 4.79 Å². The number of aromatic nitrogens is 3. The van der Waals surface area contributed by atoms with Crippen LogP contribution in [0, 0.1) is 13.8 Å². The predicted octanol–water partition coefficient (Wildman–Crippen LogP) is 3.90. The summed E-state index contributed by atoms with van der Waals surface area (Å²) in [5, 5.41) is 8.07. The van der Waals surface area contributed by atoms with Gasteiger partial charge in [0.15, 0.2) is 5.65 Å². The molecule has 3 aromatic rings. The first-order valence-corrected chi connectivity index (χ1v) is 12.0. The minimum absolute atomic E-state index is 0.135. The fourth-order valence-electron chi connectivity index (χ4n) is 5.04. The standard InChI is InChI=1S/C26H33N5O2/c1-17-21(12-13-26(32)28-20-10-11-20)18(2)31-25(27-17)15-22(29-31)23-8-6-14-30(23)16-19-7-4-5-9-24(19)33-3/h4-5,7,9,15,20,23H,6,8,10-14,16H2,1-3H3,(H,28,32). The smallest absolute Gasteiger partial charge is 0.220 e. The van der Waals surface area contributed by atoms with Crippen molar-refractivity contribution in [3.05, 3.63) is 58.5 Å². The first-order chi connectivity index (χ1) is 16.0. The van der Waals surface area contributed by atoms with Crippen LogP contribution in [0.15, 0.2) is 30.3 Å². The van der Waals surface area contributed by atoms with Gasteiger partial charge in [-0.3, -0.25) is 9.69 Å². The normalized spacial score (nSPS) is 18.7. The number of likely N-dealkylation sites (tertiary alicyclic amines) is 1. The zero-order chi connectivity index (χ0) is 22.9. The summed E-state index contributed by atoms with van der Waals surface area (Å²) in [6, 6.07) is 11.0. The number of ether oxygens (including phenoxy) is 1. The van der Waals surface area contributed by atoms with Crippen molar-refractivity contribution in [2.75, 3.05) is 13.7 Å². The molecule has 1 aliphatic heterocycles. The molecule has 1 saturated heterocycles. The van der Waals surface area contributed by atoms with Crippen LogP contribution in [0.4, 0.5) is 0 Å². The van der Waals surface area contributed by atoms with Gasteiger partial charge in [-0.05, 0) is 64.1 Å². The Morgan fingerprint density at radius 3 is 2.82 bits per heavy atom. The highest BCUT2D eigenvalue weighted by Gasteiger charge is 2.29. The number of hydrogen-bond donors (Lipinski definition) is 1. The van der Waals surface area contributed by atoms with Gasteiger partial charge in [-0.25, -0.2) is 9.50 Å². The molecule has 33 heavy (non-hydrogen) atoms. The Balaban J connectivity index is 1.37. The Morgan fingerprint density at radius 1 is 1.21 bits per heavy atom. The molecule has 1 unspecified atom stereocenters. The molecule has 1 N–H and O–H groups in total. The third kappa shape index (κ3) is 4.60. The van der Waals surface area contributed by atoms with Crippen LogP contribution in [0.25, 0.3) is 5.65 Å². The highest BCUT2D eigenvalue weighted by atomic mass is 16.5. The van der Waals surface area contributed by atoms with E-state index < -0.39 is 0 Å². The van der Waals surface area contributed by atoms with Gasteiger partial charge in [0, 0.05) is 42.0 Å². The number of carbonyl (C=O) groups excluding carboxylic acids is 1. The van der Waals surface area contributed by atoms with Crippen molar-refractivity contribution < 1.29 is 9.53 Å². The number of rotatable bonds is 8. The molecule has 0 bridgehead atoms. The maximum atomic E-state index is 12.2. The van der Waals surface area contributed by atoms with Crippen LogP contribution in [0.1, 0.15) is 66.4 Å². The number of hydrogen-bond acceptors (Lipinski definition) is 5. The minimum atomic E-state index is 0.135. The lowest BCUT2D eigenvalue weighted by atomic mass is 10.1. The lowest BCUT2D eigenvalue weighted by Gasteiger charge is -2.23. The van der Waals surface area contributed by atoms with E-state index in [1.165, 1.54) is 5.56 Å². The van der Waals surface area contributed by atoms with E-state index in [-0.39, 0.29) is 11.9 Å². The zero-order valence-corrected chi connectivity index (χ0v) is 19.8. The fraction of sp³-hybridized carbons (Fsp3) is 0.500. The summed E-state index contributed by atoms with van der Waals surface area (Å²) in [4.78, 5) is 19.5. The van der Waals surface area contributed by atoms with Crippen LogP contribution in [0.5, 0.6) is 5.75 Å². The molecule has 1 atom stereocenters. The second-order valence-corrected chi connectivity index (χ2v) is 9.38. The molecule has 2 aromatic heterocycles. The van der Waals surface area contributed by atoms with Crippen molar-refractivity contribution in [1.82, 2.24) is 24.8 Å². The highest BCUT2D eigenvalue weighted by molar-refractivity contribution is 5.76. The molecule has 7 heteroatoms. The number of fused-ring (bicyclic) bond motifs is 1. The van der Waals surface area contributed by atoms with Crippen molar-refractivity contribution in [2.24, 2.45) is 0 Å². The molecule has 3 heterocycles. The third-order valence-electron chi connectivity index (χ3n) is 7.00. The maximum Gasteiger partial charge on any atom is 0.220 e. The molecule has 1 amide bonds. The van der Waals surface area contributed by atoms with E-state index in [0.29, 0.717) is 18.9 Å². The van der Waals surface area contributed by atoms with E-state index in [2.05, 4.69) is 35.3 Å². The SMILES string of the molecule is COc1ccccc1CN1CCCC1c1cc2nc(C)c(CCC(=O)NC3CC3)c(C)n2n1. The van der Waals surface area contributed by atoms with Gasteiger partial charge in [0.1, 0.15) is 5.75 Å². The topological polar surface area (TPSA) is 71.8 Å². The number of nitrogens with one attached hydrogen (secondary N) is 1. The average molecular weight is 448 g/mol. The molecular formula is C26H33N5O2. The maximum absolute atomic E-state index is 12.2. The van der Waals surface area contributed by atoms with Gasteiger partial charge in [-0.15, -0.1) is 0 Å². The van der Waals surface area contributed by atoms with Gasteiger partial charge in [-0.1, -0.05) is 18.2 Å². The van der Waals surface area contributed by atoms with Crippen molar-refractivity contribution in [3.63, 3.8) is 0 Å². The van der Waals surface area contributed by atoms with Gasteiger partial charge in [0.25, 0.3) is 0 Å². The minimum Gasteiger partial charge on any atom is -0.496 e. The molecule has 2 fully saturated rings. The number of nitrogens with zero attached hydrogens (tertiary/aromatic N) is 4. The first-order valence-electron chi connectivity index (χ1n) is 12.0. The van der Waals surface area contributed by atoms with Gasteiger partial charge in [0.2, 0.25) is 5.91 Å². The third-order valence-corrected chi connectivity index (χ3v) is 7.00. The molecule has 1 saturated carbocycles. The van der Waals surface area contributed by atoms with Crippen LogP contribution in [-0.2, 0) is 17.8 Å². The van der Waals surface area contributed by atoms with E-state index in [1.54, 1.807) is 7.11 Å². The number of benzene rings is 1. The number of aryl methyl sites for hydroxylation is 2. The largest absolute Gasteiger partial charge is 0.496 e. The molecular weight excluding hydrogens is 414 g/mol. The van der Waals surface area contributed by atoms with E-state index >= 15 is 0 Å². The van der Waals surface area contributed by atoms with Crippen LogP contribution in [0.3, 0.4) is 0 Å². The summed E-state index contributed by atoms with van der Waals surface area (Å²) in [7, 11) is 1.73. The van der Waals surface area contributed by atoms with Crippen LogP contribution < -0.4 is 10.1 Å². The number of methoxy groups -OCH3 is 1. The lowest BCUT2D eigenvalue weighted by Crippen LogP contribution is -2.25. The second-order valence-electron chi connectivity index (χ2n) is 9.38. The monoisotopic (exact) mass is 447 g/mol. The molecule has 1 aliphatic carbocycles. The summed E-state index contributed by atoms with van der Waals surface area (Å²) in [5.41, 5.74) is 6.35. The summed E-state index contributed by atoms with van der Waals surface area (Å²) < 4.78 is 7.53. The van der Waals surface area contributed by atoms with Crippen molar-refractivity contribution >= 4 is 11.6 Å². The van der Waals surface area contributed by atoms with Gasteiger partial charge < -0.3 is 10.1 Å². The molecule has 7 nitrogen and oxygen atoms in total. The van der Waals surface area contributed by atoms with Gasteiger partial charge in [0.05, 0.1) is 18.8 Å². The molecule has 1 aromatic carbocycles. The highest BCUT2D eigenvalue weighted by Crippen LogP contribution is 2.34. The number of carbonyl (C=O) groups is 1. The fourth-order valence-corrected chi connectivity index (χ4v) is 5.04. The van der Waals surface area contributed by atoms with E-state index in [4.69, 9.17) is 14.8 Å². The Kier molecular flexibility index (Phi) is 6.06. The average Bonchev–Trinajstić information content (AvgIpc) is 3.32. The Morgan fingerprint density at radius 2 is 2.03 bits per heavy atom. The molecule has 0 spiro atoms. The van der Waals surface area contributed by atoms with Crippen LogP contribution in [0.2, 0.25) is 0 Å². The van der Waals surface area contributed by atoms with Crippen molar-refractivity contribution in [1.29, 1.82) is 0 Å². The van der Waals surface area contributed by atoms with Gasteiger partial charge >= 0.3 is 0 Å². The summed E-state index contributed by atoms with van der Waals surface area (Å²) in [6.45, 7) is 6.02. The Hall–Kier alpha value is -2.93.